The van der Waals surface area contributed by atoms with E-state index in [1.54, 1.807) is 0 Å². The minimum Gasteiger partial charge on any atom is -0.269 e. The minimum atomic E-state index is -3.14. The average Bonchev–Trinajstić information content (AvgIpc) is 1.82. The highest BCUT2D eigenvalue weighted by Gasteiger charge is 2.26. The van der Waals surface area contributed by atoms with Crippen LogP contribution in [0.1, 0.15) is 0 Å². The van der Waals surface area contributed by atoms with Crippen LogP contribution >= 0.6 is 15.9 Å². The molecule has 0 unspecified atom stereocenters. The van der Waals surface area contributed by atoms with Crippen molar-refractivity contribution in [2.75, 3.05) is 12.4 Å². The Morgan fingerprint density at radius 2 is 2.25 bits per heavy atom. The maximum absolute atomic E-state index is 10.4. The second-order valence-corrected chi connectivity index (χ2v) is 4.59. The molecule has 0 aromatic carbocycles. The van der Waals surface area contributed by atoms with Gasteiger partial charge in [0.2, 0.25) is 0 Å². The van der Waals surface area contributed by atoms with Gasteiger partial charge in [0.25, 0.3) is 10.1 Å². The maximum Gasteiger partial charge on any atom is 0.268 e. The van der Waals surface area contributed by atoms with Crippen LogP contribution in [0.25, 0.3) is 0 Å². The van der Waals surface area contributed by atoms with E-state index in [9.17, 15) is 8.42 Å². The molecule has 1 fully saturated rings. The molecular formula is C3H5BrO3S. The Kier molecular flexibility index (Phi) is 1.60. The fraction of sp³-hybridized carbons (Fsp3) is 1.00. The zero-order valence-corrected chi connectivity index (χ0v) is 6.41. The molecule has 0 aromatic rings. The van der Waals surface area contributed by atoms with Crippen LogP contribution in [0.3, 0.4) is 0 Å². The van der Waals surface area contributed by atoms with E-state index < -0.39 is 10.1 Å². The molecule has 8 heavy (non-hydrogen) atoms. The summed E-state index contributed by atoms with van der Waals surface area (Å²) >= 11 is 3.11. The summed E-state index contributed by atoms with van der Waals surface area (Å²) in [5.74, 6) is 0.104. The minimum absolute atomic E-state index is 0.00694. The van der Waals surface area contributed by atoms with E-state index in [0.29, 0.717) is 0 Å². The van der Waals surface area contributed by atoms with Crippen molar-refractivity contribution in [3.05, 3.63) is 0 Å². The normalized spacial score (nSPS) is 35.4. The third-order valence-corrected chi connectivity index (χ3v) is 3.14. The Morgan fingerprint density at radius 1 is 1.62 bits per heavy atom. The Hall–Kier alpha value is 0.390. The summed E-state index contributed by atoms with van der Waals surface area (Å²) in [6, 6.07) is 0. The fourth-order valence-electron chi connectivity index (χ4n) is 0.495. The molecule has 0 bridgehead atoms. The molecule has 3 nitrogen and oxygen atoms in total. The van der Waals surface area contributed by atoms with E-state index >= 15 is 0 Å². The van der Waals surface area contributed by atoms with Crippen LogP contribution in [-0.2, 0) is 14.3 Å². The first kappa shape index (κ1) is 6.51. The van der Waals surface area contributed by atoms with Crippen LogP contribution in [0, 0.1) is 0 Å². The van der Waals surface area contributed by atoms with Gasteiger partial charge in [-0.25, -0.2) is 0 Å². The number of halogens is 1. The van der Waals surface area contributed by atoms with E-state index in [2.05, 4.69) is 20.1 Å². The SMILES string of the molecule is O=S1(=O)C[C@H](Br)CO1. The van der Waals surface area contributed by atoms with Crippen molar-refractivity contribution in [2.24, 2.45) is 0 Å². The molecular weight excluding hydrogens is 196 g/mol. The summed E-state index contributed by atoms with van der Waals surface area (Å²) in [6.07, 6.45) is 0. The molecule has 48 valence electrons. The third kappa shape index (κ3) is 1.43. The van der Waals surface area contributed by atoms with E-state index in [1.807, 2.05) is 0 Å². The molecule has 1 aliphatic rings. The summed E-state index contributed by atoms with van der Waals surface area (Å²) in [6.45, 7) is 0.280. The lowest BCUT2D eigenvalue weighted by Gasteiger charge is -1.84. The lowest BCUT2D eigenvalue weighted by Crippen LogP contribution is -2.02. The highest BCUT2D eigenvalue weighted by Crippen LogP contribution is 2.14. The van der Waals surface area contributed by atoms with Crippen LogP contribution < -0.4 is 0 Å². The molecule has 1 rings (SSSR count). The molecule has 0 saturated carbocycles. The van der Waals surface area contributed by atoms with Crippen molar-refractivity contribution in [1.82, 2.24) is 0 Å². The van der Waals surface area contributed by atoms with Gasteiger partial charge in [0.05, 0.1) is 17.2 Å². The smallest absolute Gasteiger partial charge is 0.268 e. The fourth-order valence-corrected chi connectivity index (χ4v) is 2.78. The van der Waals surface area contributed by atoms with Crippen molar-refractivity contribution in [3.8, 4) is 0 Å². The Bertz CT molecular complexity index is 173. The van der Waals surface area contributed by atoms with Gasteiger partial charge in [-0.05, 0) is 0 Å². The topological polar surface area (TPSA) is 43.4 Å². The summed E-state index contributed by atoms with van der Waals surface area (Å²) in [7, 11) is -3.14. The first-order valence-electron chi connectivity index (χ1n) is 2.11. The number of hydrogen-bond donors (Lipinski definition) is 0. The molecule has 0 aromatic heterocycles. The van der Waals surface area contributed by atoms with Crippen LogP contribution in [-0.4, -0.2) is 25.6 Å². The predicted molar refractivity (Wildman–Crippen MR) is 32.5 cm³/mol. The zero-order valence-electron chi connectivity index (χ0n) is 4.00. The summed E-state index contributed by atoms with van der Waals surface area (Å²) in [5, 5.41) is 0. The highest BCUT2D eigenvalue weighted by molar-refractivity contribution is 9.09. The second-order valence-electron chi connectivity index (χ2n) is 1.61. The maximum atomic E-state index is 10.4. The van der Waals surface area contributed by atoms with Crippen molar-refractivity contribution in [3.63, 3.8) is 0 Å². The van der Waals surface area contributed by atoms with Crippen molar-refractivity contribution in [2.45, 2.75) is 4.83 Å². The molecule has 0 aliphatic carbocycles. The first-order valence-corrected chi connectivity index (χ1v) is 4.61. The molecule has 5 heteroatoms. The van der Waals surface area contributed by atoms with Gasteiger partial charge in [-0.2, -0.15) is 8.42 Å². The lowest BCUT2D eigenvalue weighted by atomic mass is 10.5. The van der Waals surface area contributed by atoms with Gasteiger partial charge >= 0.3 is 0 Å². The van der Waals surface area contributed by atoms with Gasteiger partial charge in [-0.15, -0.1) is 0 Å². The summed E-state index contributed by atoms with van der Waals surface area (Å²) in [4.78, 5) is -0.00694. The lowest BCUT2D eigenvalue weighted by molar-refractivity contribution is 0.358. The first-order chi connectivity index (χ1) is 3.60. The van der Waals surface area contributed by atoms with Gasteiger partial charge in [0, 0.05) is 0 Å². The highest BCUT2D eigenvalue weighted by atomic mass is 79.9. The molecule has 0 spiro atoms. The van der Waals surface area contributed by atoms with Gasteiger partial charge in [-0.3, -0.25) is 4.18 Å². The van der Waals surface area contributed by atoms with Crippen molar-refractivity contribution >= 4 is 26.0 Å². The molecule has 1 saturated heterocycles. The Labute approximate surface area is 56.3 Å². The Morgan fingerprint density at radius 3 is 2.38 bits per heavy atom. The second kappa shape index (κ2) is 1.97. The van der Waals surface area contributed by atoms with Gasteiger partial charge in [0.1, 0.15) is 0 Å². The number of alkyl halides is 1. The predicted octanol–water partition coefficient (Wildman–Crippen LogP) is 0.110. The summed E-state index contributed by atoms with van der Waals surface area (Å²) in [5.41, 5.74) is 0. The molecule has 0 radical (unpaired) electrons. The largest absolute Gasteiger partial charge is 0.269 e. The average molecular weight is 201 g/mol. The van der Waals surface area contributed by atoms with Gasteiger partial charge in [-0.1, -0.05) is 15.9 Å². The van der Waals surface area contributed by atoms with Crippen LogP contribution in [0.5, 0.6) is 0 Å². The van der Waals surface area contributed by atoms with E-state index in [4.69, 9.17) is 0 Å². The quantitative estimate of drug-likeness (QED) is 0.412. The van der Waals surface area contributed by atoms with Gasteiger partial charge in [0.15, 0.2) is 0 Å². The standard InChI is InChI=1S/C3H5BrO3S/c4-3-1-7-8(5,6)2-3/h3H,1-2H2/t3-/m1/s1. The monoisotopic (exact) mass is 200 g/mol. The molecule has 1 heterocycles. The summed E-state index contributed by atoms with van der Waals surface area (Å²) < 4.78 is 25.2. The number of hydrogen-bond acceptors (Lipinski definition) is 3. The van der Waals surface area contributed by atoms with Crippen LogP contribution in [0.15, 0.2) is 0 Å². The molecule has 0 N–H and O–H groups in total. The van der Waals surface area contributed by atoms with Crippen molar-refractivity contribution < 1.29 is 12.6 Å². The van der Waals surface area contributed by atoms with E-state index in [0.717, 1.165) is 0 Å². The Balaban J connectivity index is 2.71. The van der Waals surface area contributed by atoms with E-state index in [-0.39, 0.29) is 17.2 Å². The van der Waals surface area contributed by atoms with Gasteiger partial charge < -0.3 is 0 Å². The third-order valence-electron chi connectivity index (χ3n) is 0.813. The molecule has 0 amide bonds. The van der Waals surface area contributed by atoms with E-state index in [1.165, 1.54) is 0 Å². The zero-order chi connectivity index (χ0) is 6.20. The van der Waals surface area contributed by atoms with Crippen LogP contribution in [0.2, 0.25) is 0 Å². The molecule has 1 aliphatic heterocycles. The number of rotatable bonds is 0. The molecule has 1 atom stereocenters. The van der Waals surface area contributed by atoms with Crippen LogP contribution in [0.4, 0.5) is 0 Å². The van der Waals surface area contributed by atoms with Crippen molar-refractivity contribution in [1.29, 1.82) is 0 Å².